The van der Waals surface area contributed by atoms with Gasteiger partial charge in [0.05, 0.1) is 11.8 Å². The van der Waals surface area contributed by atoms with Crippen LogP contribution in [0.3, 0.4) is 0 Å². The summed E-state index contributed by atoms with van der Waals surface area (Å²) in [6.07, 6.45) is 1.01. The van der Waals surface area contributed by atoms with E-state index >= 15 is 0 Å². The molecule has 0 saturated carbocycles. The molecule has 3 rings (SSSR count). The lowest BCUT2D eigenvalue weighted by molar-refractivity contribution is -0.119. The quantitative estimate of drug-likeness (QED) is 0.599. The molecule has 3 aromatic rings. The van der Waals surface area contributed by atoms with Crippen LogP contribution in [0.4, 0.5) is 0 Å². The number of aryl methyl sites for hydroxylation is 2. The molecule has 0 aliphatic rings. The van der Waals surface area contributed by atoms with Gasteiger partial charge in [-0.1, -0.05) is 72.8 Å². The number of hydrogen-bond acceptors (Lipinski definition) is 4. The van der Waals surface area contributed by atoms with Gasteiger partial charge in [-0.15, -0.1) is 5.10 Å². The predicted molar refractivity (Wildman–Crippen MR) is 110 cm³/mol. The summed E-state index contributed by atoms with van der Waals surface area (Å²) in [6.45, 7) is 6.17. The fourth-order valence-electron chi connectivity index (χ4n) is 2.69. The maximum absolute atomic E-state index is 12.2. The highest BCUT2D eigenvalue weighted by Crippen LogP contribution is 2.20. The maximum Gasteiger partial charge on any atom is 0.230 e. The van der Waals surface area contributed by atoms with Crippen LogP contribution in [-0.4, -0.2) is 26.8 Å². The summed E-state index contributed by atoms with van der Waals surface area (Å²) in [7, 11) is 0. The van der Waals surface area contributed by atoms with Gasteiger partial charge in [0.25, 0.3) is 0 Å². The largest absolute Gasteiger partial charge is 0.349 e. The topological polar surface area (TPSA) is 70.7 Å². The van der Waals surface area contributed by atoms with Gasteiger partial charge in [-0.3, -0.25) is 9.89 Å². The zero-order valence-corrected chi connectivity index (χ0v) is 16.6. The van der Waals surface area contributed by atoms with Crippen LogP contribution < -0.4 is 5.32 Å². The van der Waals surface area contributed by atoms with Crippen LogP contribution in [0.15, 0.2) is 53.7 Å². The van der Waals surface area contributed by atoms with E-state index in [1.54, 1.807) is 0 Å². The lowest BCUT2D eigenvalue weighted by Gasteiger charge is -2.14. The first-order valence-corrected chi connectivity index (χ1v) is 10.0. The minimum absolute atomic E-state index is 0.0285. The molecule has 0 radical (unpaired) electrons. The number of aromatic nitrogens is 3. The summed E-state index contributed by atoms with van der Waals surface area (Å²) < 4.78 is 0. The van der Waals surface area contributed by atoms with E-state index in [9.17, 15) is 4.79 Å². The lowest BCUT2D eigenvalue weighted by Crippen LogP contribution is -2.28. The average molecular weight is 381 g/mol. The molecule has 1 atom stereocenters. The molecule has 0 unspecified atom stereocenters. The molecule has 0 saturated heterocycles. The summed E-state index contributed by atoms with van der Waals surface area (Å²) in [5, 5.41) is 10.7. The molecule has 0 bridgehead atoms. The van der Waals surface area contributed by atoms with Gasteiger partial charge in [-0.2, -0.15) is 0 Å². The Morgan fingerprint density at radius 3 is 2.52 bits per heavy atom. The summed E-state index contributed by atoms with van der Waals surface area (Å²) >= 11 is 1.32. The number of carbonyl (C=O) groups excluding carboxylic acids is 1. The van der Waals surface area contributed by atoms with Crippen molar-refractivity contribution in [3.05, 3.63) is 65.2 Å². The van der Waals surface area contributed by atoms with Gasteiger partial charge in [0.15, 0.2) is 5.82 Å². The molecule has 0 spiro atoms. The molecule has 1 heterocycles. The fraction of sp³-hybridized carbons (Fsp3) is 0.286. The van der Waals surface area contributed by atoms with Crippen molar-refractivity contribution in [2.45, 2.75) is 38.4 Å². The van der Waals surface area contributed by atoms with Gasteiger partial charge in [0.2, 0.25) is 11.1 Å². The van der Waals surface area contributed by atoms with E-state index in [0.29, 0.717) is 11.0 Å². The number of nitrogens with zero attached hydrogens (tertiary/aromatic N) is 2. The van der Waals surface area contributed by atoms with Gasteiger partial charge in [-0.05, 0) is 31.4 Å². The Labute approximate surface area is 164 Å². The number of H-pyrrole nitrogens is 1. The smallest absolute Gasteiger partial charge is 0.230 e. The second-order valence-electron chi connectivity index (χ2n) is 6.51. The second kappa shape index (κ2) is 8.86. The van der Waals surface area contributed by atoms with Crippen LogP contribution in [0.5, 0.6) is 0 Å². The number of hydrogen-bond donors (Lipinski definition) is 2. The van der Waals surface area contributed by atoms with Crippen LogP contribution in [0, 0.1) is 6.92 Å². The van der Waals surface area contributed by atoms with Gasteiger partial charge < -0.3 is 5.32 Å². The zero-order valence-electron chi connectivity index (χ0n) is 15.8. The van der Waals surface area contributed by atoms with Gasteiger partial charge in [-0.25, -0.2) is 4.98 Å². The lowest BCUT2D eigenvalue weighted by atomic mass is 10.1. The molecule has 140 valence electrons. The first-order chi connectivity index (χ1) is 13.0. The monoisotopic (exact) mass is 380 g/mol. The molecule has 1 aromatic heterocycles. The molecule has 0 fully saturated rings. The Balaban J connectivity index is 1.52. The number of nitrogens with one attached hydrogen (secondary N) is 2. The summed E-state index contributed by atoms with van der Waals surface area (Å²) in [6, 6.07) is 16.4. The Bertz CT molecular complexity index is 887. The van der Waals surface area contributed by atoms with Crippen molar-refractivity contribution >= 4 is 17.7 Å². The summed E-state index contributed by atoms with van der Waals surface area (Å²) in [5.41, 5.74) is 4.57. The number of thioether (sulfide) groups is 1. The molecule has 2 N–H and O–H groups in total. The minimum Gasteiger partial charge on any atom is -0.349 e. The molecule has 27 heavy (non-hydrogen) atoms. The molecule has 1 amide bonds. The first kappa shape index (κ1) is 19.2. The number of rotatable bonds is 7. The van der Waals surface area contributed by atoms with E-state index in [1.165, 1.54) is 22.9 Å². The molecule has 5 nitrogen and oxygen atoms in total. The third-order valence-electron chi connectivity index (χ3n) is 4.39. The Hall–Kier alpha value is -2.60. The third kappa shape index (κ3) is 5.20. The van der Waals surface area contributed by atoms with E-state index in [0.717, 1.165) is 17.5 Å². The predicted octanol–water partition coefficient (Wildman–Crippen LogP) is 4.31. The minimum atomic E-state index is -0.0336. The van der Waals surface area contributed by atoms with Gasteiger partial charge >= 0.3 is 0 Å². The summed E-state index contributed by atoms with van der Waals surface area (Å²) in [4.78, 5) is 16.7. The fourth-order valence-corrected chi connectivity index (χ4v) is 3.30. The van der Waals surface area contributed by atoms with E-state index in [1.807, 2.05) is 38.1 Å². The molecular weight excluding hydrogens is 356 g/mol. The number of aromatic amines is 1. The average Bonchev–Trinajstić information content (AvgIpc) is 3.16. The van der Waals surface area contributed by atoms with Gasteiger partial charge in [0, 0.05) is 5.56 Å². The van der Waals surface area contributed by atoms with Crippen molar-refractivity contribution in [3.8, 4) is 11.4 Å². The van der Waals surface area contributed by atoms with E-state index in [2.05, 4.69) is 51.7 Å². The summed E-state index contributed by atoms with van der Waals surface area (Å²) in [5.74, 6) is 0.957. The zero-order chi connectivity index (χ0) is 19.2. The highest BCUT2D eigenvalue weighted by atomic mass is 32.2. The second-order valence-corrected chi connectivity index (χ2v) is 7.45. The Kier molecular flexibility index (Phi) is 6.29. The van der Waals surface area contributed by atoms with Gasteiger partial charge in [0.1, 0.15) is 0 Å². The van der Waals surface area contributed by atoms with Crippen LogP contribution in [0.1, 0.15) is 36.6 Å². The van der Waals surface area contributed by atoms with E-state index < -0.39 is 0 Å². The molecule has 6 heteroatoms. The third-order valence-corrected chi connectivity index (χ3v) is 5.24. The number of carbonyl (C=O) groups is 1. The van der Waals surface area contributed by atoms with Crippen molar-refractivity contribution in [3.63, 3.8) is 0 Å². The number of benzene rings is 2. The SMILES string of the molecule is CCc1ccc([C@@H](C)NC(=O)CSc2n[nH]c(-c3ccc(C)cc3)n2)cc1. The van der Waals surface area contributed by atoms with Crippen LogP contribution in [0.2, 0.25) is 0 Å². The standard InChI is InChI=1S/C21H24N4OS/c1-4-16-7-11-17(12-8-16)15(3)22-19(26)13-27-21-23-20(24-25-21)18-9-5-14(2)6-10-18/h5-12,15H,4,13H2,1-3H3,(H,22,26)(H,23,24,25)/t15-/m1/s1. The van der Waals surface area contributed by atoms with Crippen LogP contribution >= 0.6 is 11.8 Å². The van der Waals surface area contributed by atoms with Crippen molar-refractivity contribution in [2.24, 2.45) is 0 Å². The normalized spacial score (nSPS) is 12.0. The van der Waals surface area contributed by atoms with E-state index in [-0.39, 0.29) is 17.7 Å². The Morgan fingerprint density at radius 2 is 1.85 bits per heavy atom. The Morgan fingerprint density at radius 1 is 1.15 bits per heavy atom. The first-order valence-electron chi connectivity index (χ1n) is 9.05. The van der Waals surface area contributed by atoms with Crippen molar-refractivity contribution in [2.75, 3.05) is 5.75 Å². The molecule has 0 aliphatic heterocycles. The highest BCUT2D eigenvalue weighted by Gasteiger charge is 2.12. The van der Waals surface area contributed by atoms with Crippen molar-refractivity contribution < 1.29 is 4.79 Å². The van der Waals surface area contributed by atoms with E-state index in [4.69, 9.17) is 0 Å². The molecule has 0 aliphatic carbocycles. The maximum atomic E-state index is 12.2. The van der Waals surface area contributed by atoms with Crippen molar-refractivity contribution in [1.29, 1.82) is 0 Å². The molecule has 2 aromatic carbocycles. The number of amides is 1. The van der Waals surface area contributed by atoms with Crippen molar-refractivity contribution in [1.82, 2.24) is 20.5 Å². The molecular formula is C21H24N4OS. The highest BCUT2D eigenvalue weighted by molar-refractivity contribution is 7.99. The van der Waals surface area contributed by atoms with Crippen LogP contribution in [-0.2, 0) is 11.2 Å². The van der Waals surface area contributed by atoms with Crippen LogP contribution in [0.25, 0.3) is 11.4 Å².